The van der Waals surface area contributed by atoms with E-state index in [1.54, 1.807) is 0 Å². The molecule has 0 bridgehead atoms. The zero-order valence-corrected chi connectivity index (χ0v) is 9.25. The van der Waals surface area contributed by atoms with Gasteiger partial charge < -0.3 is 14.8 Å². The molecule has 0 spiro atoms. The van der Waals surface area contributed by atoms with Crippen LogP contribution in [0.25, 0.3) is 0 Å². The number of fused-ring (bicyclic) bond motifs is 1. The predicted octanol–water partition coefficient (Wildman–Crippen LogP) is 1.96. The molecule has 3 heteroatoms. The van der Waals surface area contributed by atoms with E-state index in [1.165, 1.54) is 5.56 Å². The summed E-state index contributed by atoms with van der Waals surface area (Å²) in [5.41, 5.74) is 1.31. The van der Waals surface area contributed by atoms with Gasteiger partial charge >= 0.3 is 0 Å². The van der Waals surface area contributed by atoms with Crippen molar-refractivity contribution in [2.45, 2.75) is 25.8 Å². The average Bonchev–Trinajstić information content (AvgIpc) is 2.72. The van der Waals surface area contributed by atoms with Crippen LogP contribution in [0.15, 0.2) is 18.2 Å². The molecule has 0 fully saturated rings. The largest absolute Gasteiger partial charge is 0.454 e. The fraction of sp³-hybridized carbons (Fsp3) is 0.500. The van der Waals surface area contributed by atoms with Crippen LogP contribution in [0.3, 0.4) is 0 Å². The molecule has 0 saturated carbocycles. The Hall–Kier alpha value is -1.22. The lowest BCUT2D eigenvalue weighted by molar-refractivity contribution is 0.174. The Morgan fingerprint density at radius 2 is 2.13 bits per heavy atom. The van der Waals surface area contributed by atoms with Gasteiger partial charge in [-0.2, -0.15) is 0 Å². The van der Waals surface area contributed by atoms with E-state index in [2.05, 4.69) is 24.4 Å². The third-order valence-electron chi connectivity index (χ3n) is 2.80. The maximum absolute atomic E-state index is 5.33. The molecule has 1 atom stereocenters. The molecule has 82 valence electrons. The second-order valence-electron chi connectivity index (χ2n) is 3.92. The minimum absolute atomic E-state index is 0.353. The first-order chi connectivity index (χ1) is 7.29. The summed E-state index contributed by atoms with van der Waals surface area (Å²) < 4.78 is 10.6. The van der Waals surface area contributed by atoms with E-state index in [1.807, 2.05) is 13.1 Å². The Morgan fingerprint density at radius 1 is 1.33 bits per heavy atom. The summed E-state index contributed by atoms with van der Waals surface area (Å²) in [6.45, 7) is 2.54. The lowest BCUT2D eigenvalue weighted by atomic mass is 10.1. The minimum Gasteiger partial charge on any atom is -0.454 e. The summed E-state index contributed by atoms with van der Waals surface area (Å²) in [6, 6.07) is 6.72. The van der Waals surface area contributed by atoms with Crippen molar-refractivity contribution in [1.29, 1.82) is 0 Å². The highest BCUT2D eigenvalue weighted by Gasteiger charge is 2.13. The fourth-order valence-corrected chi connectivity index (χ4v) is 1.62. The number of hydrogen-bond acceptors (Lipinski definition) is 3. The normalized spacial score (nSPS) is 15.3. The Labute approximate surface area is 90.4 Å². The monoisotopic (exact) mass is 207 g/mol. The molecule has 1 aliphatic rings. The summed E-state index contributed by atoms with van der Waals surface area (Å²) in [5.74, 6) is 1.74. The van der Waals surface area contributed by atoms with Gasteiger partial charge in [0, 0.05) is 6.04 Å². The molecule has 0 unspecified atom stereocenters. The summed E-state index contributed by atoms with van der Waals surface area (Å²) in [4.78, 5) is 0. The van der Waals surface area contributed by atoms with Crippen molar-refractivity contribution < 1.29 is 9.47 Å². The zero-order chi connectivity index (χ0) is 10.7. The lowest BCUT2D eigenvalue weighted by Gasteiger charge is -2.09. The van der Waals surface area contributed by atoms with Crippen LogP contribution >= 0.6 is 0 Å². The van der Waals surface area contributed by atoms with Gasteiger partial charge in [0.05, 0.1) is 0 Å². The Bertz CT molecular complexity index is 338. The lowest BCUT2D eigenvalue weighted by Crippen LogP contribution is -2.21. The summed E-state index contributed by atoms with van der Waals surface area (Å²) >= 11 is 0. The first kappa shape index (κ1) is 10.3. The predicted molar refractivity (Wildman–Crippen MR) is 59.4 cm³/mol. The van der Waals surface area contributed by atoms with Gasteiger partial charge in [-0.15, -0.1) is 0 Å². The second-order valence-corrected chi connectivity index (χ2v) is 3.92. The number of hydrogen-bond donors (Lipinski definition) is 1. The first-order valence-electron chi connectivity index (χ1n) is 5.35. The zero-order valence-electron chi connectivity index (χ0n) is 9.25. The van der Waals surface area contributed by atoms with Gasteiger partial charge in [0.1, 0.15) is 0 Å². The number of nitrogens with one attached hydrogen (secondary N) is 1. The van der Waals surface area contributed by atoms with Crippen LogP contribution in [0.2, 0.25) is 0 Å². The average molecular weight is 207 g/mol. The van der Waals surface area contributed by atoms with E-state index in [0.29, 0.717) is 12.8 Å². The van der Waals surface area contributed by atoms with Crippen LogP contribution in [-0.4, -0.2) is 19.9 Å². The molecule has 0 aromatic heterocycles. The van der Waals surface area contributed by atoms with Gasteiger partial charge in [-0.1, -0.05) is 6.07 Å². The van der Waals surface area contributed by atoms with Crippen LogP contribution in [0.5, 0.6) is 11.5 Å². The van der Waals surface area contributed by atoms with Gasteiger partial charge in [-0.25, -0.2) is 0 Å². The first-order valence-corrected chi connectivity index (χ1v) is 5.35. The van der Waals surface area contributed by atoms with Crippen molar-refractivity contribution in [3.8, 4) is 11.5 Å². The van der Waals surface area contributed by atoms with Crippen LogP contribution in [0.1, 0.15) is 18.9 Å². The van der Waals surface area contributed by atoms with Crippen molar-refractivity contribution in [2.24, 2.45) is 0 Å². The van der Waals surface area contributed by atoms with E-state index < -0.39 is 0 Å². The molecular formula is C12H17NO2. The Kier molecular flexibility index (Phi) is 3.11. The molecule has 1 aromatic rings. The van der Waals surface area contributed by atoms with Crippen LogP contribution < -0.4 is 14.8 Å². The maximum Gasteiger partial charge on any atom is 0.231 e. The fourth-order valence-electron chi connectivity index (χ4n) is 1.62. The van der Waals surface area contributed by atoms with Gasteiger partial charge in [0.2, 0.25) is 6.79 Å². The molecular weight excluding hydrogens is 190 g/mol. The molecule has 0 aliphatic carbocycles. The molecule has 1 N–H and O–H groups in total. The third-order valence-corrected chi connectivity index (χ3v) is 2.80. The van der Waals surface area contributed by atoms with E-state index in [9.17, 15) is 0 Å². The second kappa shape index (κ2) is 4.53. The molecule has 3 nitrogen and oxygen atoms in total. The minimum atomic E-state index is 0.353. The van der Waals surface area contributed by atoms with Crippen LogP contribution in [-0.2, 0) is 6.42 Å². The number of benzene rings is 1. The number of ether oxygens (including phenoxy) is 2. The molecule has 1 aromatic carbocycles. The van der Waals surface area contributed by atoms with Crippen molar-refractivity contribution in [2.75, 3.05) is 13.8 Å². The molecule has 0 radical (unpaired) electrons. The van der Waals surface area contributed by atoms with Gasteiger partial charge in [-0.3, -0.25) is 0 Å². The highest BCUT2D eigenvalue weighted by atomic mass is 16.7. The number of rotatable bonds is 4. The van der Waals surface area contributed by atoms with E-state index >= 15 is 0 Å². The SMILES string of the molecule is CN[C@H](C)CCc1ccc2c(c1)OCO2. The third kappa shape index (κ3) is 2.42. The Morgan fingerprint density at radius 3 is 2.93 bits per heavy atom. The van der Waals surface area contributed by atoms with Gasteiger partial charge in [0.25, 0.3) is 0 Å². The van der Waals surface area contributed by atoms with Crippen LogP contribution in [0.4, 0.5) is 0 Å². The summed E-state index contributed by atoms with van der Waals surface area (Å²) in [7, 11) is 1.99. The standard InChI is InChI=1S/C12H17NO2/c1-9(13-2)3-4-10-5-6-11-12(7-10)15-8-14-11/h5-7,9,13H,3-4,8H2,1-2H3/t9-/m1/s1. The van der Waals surface area contributed by atoms with Gasteiger partial charge in [-0.05, 0) is 44.5 Å². The highest BCUT2D eigenvalue weighted by Crippen LogP contribution is 2.32. The maximum atomic E-state index is 5.33. The molecule has 15 heavy (non-hydrogen) atoms. The van der Waals surface area contributed by atoms with Crippen molar-refractivity contribution in [3.05, 3.63) is 23.8 Å². The quantitative estimate of drug-likeness (QED) is 0.818. The molecule has 1 aliphatic heterocycles. The number of aryl methyl sites for hydroxylation is 1. The van der Waals surface area contributed by atoms with Crippen LogP contribution in [0, 0.1) is 0 Å². The molecule has 0 amide bonds. The summed E-state index contributed by atoms with van der Waals surface area (Å²) in [5, 5.41) is 3.23. The molecule has 1 heterocycles. The van der Waals surface area contributed by atoms with Gasteiger partial charge in [0.15, 0.2) is 11.5 Å². The Balaban J connectivity index is 1.98. The van der Waals surface area contributed by atoms with Crippen molar-refractivity contribution >= 4 is 0 Å². The van der Waals surface area contributed by atoms with E-state index in [4.69, 9.17) is 9.47 Å². The highest BCUT2D eigenvalue weighted by molar-refractivity contribution is 5.44. The smallest absolute Gasteiger partial charge is 0.231 e. The summed E-state index contributed by atoms with van der Waals surface area (Å²) in [6.07, 6.45) is 2.20. The topological polar surface area (TPSA) is 30.5 Å². The molecule has 2 rings (SSSR count). The van der Waals surface area contributed by atoms with E-state index in [-0.39, 0.29) is 0 Å². The molecule has 0 saturated heterocycles. The van der Waals surface area contributed by atoms with Crippen molar-refractivity contribution in [1.82, 2.24) is 5.32 Å². The van der Waals surface area contributed by atoms with Crippen molar-refractivity contribution in [3.63, 3.8) is 0 Å². The van der Waals surface area contributed by atoms with E-state index in [0.717, 1.165) is 24.3 Å².